The van der Waals surface area contributed by atoms with Crippen LogP contribution in [-0.4, -0.2) is 22.1 Å². The van der Waals surface area contributed by atoms with Crippen LogP contribution in [0.3, 0.4) is 0 Å². The molecule has 0 fully saturated rings. The summed E-state index contributed by atoms with van der Waals surface area (Å²) < 4.78 is 5.19. The third-order valence-corrected chi connectivity index (χ3v) is 4.18. The fourth-order valence-electron chi connectivity index (χ4n) is 1.72. The van der Waals surface area contributed by atoms with E-state index in [1.165, 1.54) is 0 Å². The summed E-state index contributed by atoms with van der Waals surface area (Å²) in [5.41, 5.74) is 6.78. The van der Waals surface area contributed by atoms with Crippen molar-refractivity contribution in [1.82, 2.24) is 10.1 Å². The minimum atomic E-state index is -0.231. The largest absolute Gasteiger partial charge is 0.338 e. The van der Waals surface area contributed by atoms with E-state index in [2.05, 4.69) is 10.1 Å². The number of thioether (sulfide) groups is 1. The summed E-state index contributed by atoms with van der Waals surface area (Å²) in [4.78, 5) is 4.31. The molecule has 2 aromatic rings. The van der Waals surface area contributed by atoms with Crippen molar-refractivity contribution in [3.63, 3.8) is 0 Å². The normalized spacial score (nSPS) is 12.6. The summed E-state index contributed by atoms with van der Waals surface area (Å²) in [6.45, 7) is 0. The van der Waals surface area contributed by atoms with Gasteiger partial charge in [-0.1, -0.05) is 34.4 Å². The van der Waals surface area contributed by atoms with E-state index in [1.54, 1.807) is 30.0 Å². The first-order valence-corrected chi connectivity index (χ1v) is 8.26. The predicted octanol–water partition coefficient (Wildman–Crippen LogP) is 3.72. The van der Waals surface area contributed by atoms with Crippen LogP contribution in [0, 0.1) is 0 Å². The number of aromatic nitrogens is 2. The molecule has 1 aromatic heterocycles. The van der Waals surface area contributed by atoms with E-state index < -0.39 is 0 Å². The third-order valence-electron chi connectivity index (χ3n) is 2.83. The highest BCUT2D eigenvalue weighted by atomic mass is 35.5. The van der Waals surface area contributed by atoms with Gasteiger partial charge >= 0.3 is 0 Å². The van der Waals surface area contributed by atoms with E-state index in [9.17, 15) is 0 Å². The molecule has 2 N–H and O–H groups in total. The summed E-state index contributed by atoms with van der Waals surface area (Å²) in [5, 5.41) is 5.12. The Morgan fingerprint density at radius 3 is 2.70 bits per heavy atom. The molecule has 0 aliphatic heterocycles. The van der Waals surface area contributed by atoms with Crippen LogP contribution in [-0.2, 0) is 6.42 Å². The number of nitrogens with zero attached hydrogens (tertiary/aromatic N) is 2. The molecule has 0 spiro atoms. The van der Waals surface area contributed by atoms with Crippen molar-refractivity contribution in [2.45, 2.75) is 18.9 Å². The van der Waals surface area contributed by atoms with Crippen molar-refractivity contribution < 1.29 is 4.52 Å². The molecule has 1 aromatic carbocycles. The zero-order chi connectivity index (χ0) is 14.5. The lowest BCUT2D eigenvalue weighted by Crippen LogP contribution is -2.11. The summed E-state index contributed by atoms with van der Waals surface area (Å²) in [6, 6.07) is 5.14. The predicted molar refractivity (Wildman–Crippen MR) is 83.5 cm³/mol. The van der Waals surface area contributed by atoms with Gasteiger partial charge < -0.3 is 10.3 Å². The van der Waals surface area contributed by atoms with Crippen LogP contribution >= 0.6 is 35.0 Å². The van der Waals surface area contributed by atoms with Crippen molar-refractivity contribution in [3.8, 4) is 0 Å². The maximum atomic E-state index is 6.12. The Balaban J connectivity index is 2.10. The molecule has 0 saturated heterocycles. The zero-order valence-corrected chi connectivity index (χ0v) is 13.3. The summed E-state index contributed by atoms with van der Waals surface area (Å²) in [5.74, 6) is 1.95. The van der Waals surface area contributed by atoms with Crippen molar-refractivity contribution in [2.24, 2.45) is 5.73 Å². The summed E-state index contributed by atoms with van der Waals surface area (Å²) >= 11 is 14.0. The molecule has 0 radical (unpaired) electrons. The molecule has 2 rings (SSSR count). The van der Waals surface area contributed by atoms with Crippen LogP contribution in [0.5, 0.6) is 0 Å². The Morgan fingerprint density at radius 2 is 2.05 bits per heavy atom. The van der Waals surface area contributed by atoms with Gasteiger partial charge in [0.05, 0.1) is 6.04 Å². The lowest BCUT2D eigenvalue weighted by molar-refractivity contribution is 0.349. The van der Waals surface area contributed by atoms with Crippen molar-refractivity contribution in [1.29, 1.82) is 0 Å². The van der Waals surface area contributed by atoms with Gasteiger partial charge in [0.2, 0.25) is 5.89 Å². The van der Waals surface area contributed by atoms with Crippen LogP contribution < -0.4 is 5.73 Å². The highest BCUT2D eigenvalue weighted by Crippen LogP contribution is 2.26. The minimum Gasteiger partial charge on any atom is -0.338 e. The first kappa shape index (κ1) is 15.6. The van der Waals surface area contributed by atoms with E-state index in [0.29, 0.717) is 28.2 Å². The number of halogens is 2. The molecule has 1 unspecified atom stereocenters. The van der Waals surface area contributed by atoms with E-state index in [1.807, 2.05) is 6.26 Å². The summed E-state index contributed by atoms with van der Waals surface area (Å²) in [7, 11) is 0. The standard InChI is InChI=1S/C13H15Cl2N3OS/c1-20-6-5-11(16)13-17-12(18-19-13)7-8-9(14)3-2-4-10(8)15/h2-4,11H,5-7,16H2,1H3. The molecule has 1 atom stereocenters. The third kappa shape index (κ3) is 3.88. The van der Waals surface area contributed by atoms with Gasteiger partial charge in [-0.05, 0) is 36.1 Å². The second kappa shape index (κ2) is 7.31. The molecule has 1 heterocycles. The first-order chi connectivity index (χ1) is 9.61. The lowest BCUT2D eigenvalue weighted by Gasteiger charge is -2.04. The van der Waals surface area contributed by atoms with E-state index in [-0.39, 0.29) is 6.04 Å². The quantitative estimate of drug-likeness (QED) is 0.873. The fourth-order valence-corrected chi connectivity index (χ4v) is 2.74. The Kier molecular flexibility index (Phi) is 5.72. The Bertz CT molecular complexity index is 556. The van der Waals surface area contributed by atoms with Crippen LogP contribution in [0.2, 0.25) is 10.0 Å². The molecule has 20 heavy (non-hydrogen) atoms. The molecule has 4 nitrogen and oxygen atoms in total. The topological polar surface area (TPSA) is 64.9 Å². The van der Waals surface area contributed by atoms with E-state index in [4.69, 9.17) is 33.5 Å². The zero-order valence-electron chi connectivity index (χ0n) is 11.0. The minimum absolute atomic E-state index is 0.231. The fraction of sp³-hybridized carbons (Fsp3) is 0.385. The van der Waals surface area contributed by atoms with Gasteiger partial charge in [0, 0.05) is 16.5 Å². The second-order valence-electron chi connectivity index (χ2n) is 4.31. The van der Waals surface area contributed by atoms with E-state index >= 15 is 0 Å². The number of rotatable bonds is 6. The summed E-state index contributed by atoms with van der Waals surface area (Å²) in [6.07, 6.45) is 3.26. The maximum absolute atomic E-state index is 6.12. The van der Waals surface area contributed by atoms with Gasteiger partial charge in [-0.2, -0.15) is 16.7 Å². The number of hydrogen-bond donors (Lipinski definition) is 1. The monoisotopic (exact) mass is 331 g/mol. The van der Waals surface area contributed by atoms with Crippen molar-refractivity contribution in [2.75, 3.05) is 12.0 Å². The van der Waals surface area contributed by atoms with Gasteiger partial charge in [-0.25, -0.2) is 0 Å². The van der Waals surface area contributed by atoms with Crippen LogP contribution in [0.25, 0.3) is 0 Å². The lowest BCUT2D eigenvalue weighted by atomic mass is 10.1. The van der Waals surface area contributed by atoms with Gasteiger partial charge in [0.25, 0.3) is 0 Å². The Hall–Kier alpha value is -0.750. The van der Waals surface area contributed by atoms with Crippen LogP contribution in [0.15, 0.2) is 22.7 Å². The van der Waals surface area contributed by atoms with Crippen LogP contribution in [0.1, 0.15) is 29.7 Å². The molecule has 7 heteroatoms. The number of nitrogens with two attached hydrogens (primary N) is 1. The van der Waals surface area contributed by atoms with Gasteiger partial charge in [0.1, 0.15) is 0 Å². The smallest absolute Gasteiger partial charge is 0.243 e. The highest BCUT2D eigenvalue weighted by molar-refractivity contribution is 7.98. The Morgan fingerprint density at radius 1 is 1.35 bits per heavy atom. The molecule has 0 bridgehead atoms. The van der Waals surface area contributed by atoms with Gasteiger partial charge in [-0.3, -0.25) is 0 Å². The van der Waals surface area contributed by atoms with E-state index in [0.717, 1.165) is 17.7 Å². The maximum Gasteiger partial charge on any atom is 0.243 e. The molecule has 0 saturated carbocycles. The highest BCUT2D eigenvalue weighted by Gasteiger charge is 2.16. The SMILES string of the molecule is CSCCC(N)c1nc(Cc2c(Cl)cccc2Cl)no1. The molecule has 108 valence electrons. The molecular weight excluding hydrogens is 317 g/mol. The Labute approximate surface area is 132 Å². The number of hydrogen-bond acceptors (Lipinski definition) is 5. The molecule has 0 aliphatic rings. The number of benzene rings is 1. The molecular formula is C13H15Cl2N3OS. The van der Waals surface area contributed by atoms with Gasteiger partial charge in [-0.15, -0.1) is 0 Å². The van der Waals surface area contributed by atoms with Crippen molar-refractivity contribution in [3.05, 3.63) is 45.5 Å². The van der Waals surface area contributed by atoms with Crippen LogP contribution in [0.4, 0.5) is 0 Å². The molecule has 0 amide bonds. The molecule has 0 aliphatic carbocycles. The average Bonchev–Trinajstić information content (AvgIpc) is 2.89. The average molecular weight is 332 g/mol. The second-order valence-corrected chi connectivity index (χ2v) is 6.11. The van der Waals surface area contributed by atoms with Gasteiger partial charge in [0.15, 0.2) is 5.82 Å². The first-order valence-electron chi connectivity index (χ1n) is 6.11. The van der Waals surface area contributed by atoms with Crippen molar-refractivity contribution >= 4 is 35.0 Å².